The van der Waals surface area contributed by atoms with E-state index in [1.54, 1.807) is 0 Å². The molecule has 0 aliphatic rings. The van der Waals surface area contributed by atoms with E-state index >= 15 is 0 Å². The van der Waals surface area contributed by atoms with Crippen molar-refractivity contribution in [3.63, 3.8) is 0 Å². The van der Waals surface area contributed by atoms with Gasteiger partial charge in [-0.25, -0.2) is 13.8 Å². The van der Waals surface area contributed by atoms with Gasteiger partial charge in [0.2, 0.25) is 5.88 Å². The maximum Gasteiger partial charge on any atom is 0.219 e. The van der Waals surface area contributed by atoms with E-state index in [0.29, 0.717) is 5.56 Å². The number of ether oxygens (including phenoxy) is 1. The molecule has 3 nitrogen and oxygen atoms in total. The van der Waals surface area contributed by atoms with E-state index in [-0.39, 0.29) is 11.6 Å². The minimum absolute atomic E-state index is 0.0136. The first kappa shape index (κ1) is 11.0. The van der Waals surface area contributed by atoms with Crippen molar-refractivity contribution in [3.8, 4) is 17.7 Å². The molecular formula is C12H6F2N2O. The van der Waals surface area contributed by atoms with Gasteiger partial charge in [0.1, 0.15) is 23.5 Å². The SMILES string of the molecule is N#Cc1ccc(Oc2cc(F)cc(F)c2)nc1. The lowest BCUT2D eigenvalue weighted by molar-refractivity contribution is 0.451. The fourth-order valence-electron chi connectivity index (χ4n) is 1.22. The number of benzene rings is 1. The molecule has 0 bridgehead atoms. The molecule has 2 rings (SSSR count). The Morgan fingerprint density at radius 2 is 1.82 bits per heavy atom. The van der Waals surface area contributed by atoms with Gasteiger partial charge in [-0.05, 0) is 6.07 Å². The van der Waals surface area contributed by atoms with Gasteiger partial charge in [-0.1, -0.05) is 0 Å². The topological polar surface area (TPSA) is 45.9 Å². The van der Waals surface area contributed by atoms with Gasteiger partial charge in [0.25, 0.3) is 0 Å². The van der Waals surface area contributed by atoms with Crippen molar-refractivity contribution in [1.29, 1.82) is 5.26 Å². The second-order valence-corrected chi connectivity index (χ2v) is 3.20. The standard InChI is InChI=1S/C12H6F2N2O/c13-9-3-10(14)5-11(4-9)17-12-2-1-8(6-15)7-16-12/h1-5,7H. The fraction of sp³-hybridized carbons (Fsp3) is 0. The molecule has 2 aromatic rings. The lowest BCUT2D eigenvalue weighted by Gasteiger charge is -2.04. The Kier molecular flexibility index (Phi) is 2.97. The molecule has 0 radical (unpaired) electrons. The molecule has 0 atom stereocenters. The summed E-state index contributed by atoms with van der Waals surface area (Å²) in [7, 11) is 0. The first-order valence-electron chi connectivity index (χ1n) is 4.67. The third-order valence-corrected chi connectivity index (χ3v) is 1.92. The van der Waals surface area contributed by atoms with Crippen molar-refractivity contribution in [2.75, 3.05) is 0 Å². The highest BCUT2D eigenvalue weighted by Crippen LogP contribution is 2.21. The van der Waals surface area contributed by atoms with Crippen LogP contribution in [0.2, 0.25) is 0 Å². The molecule has 84 valence electrons. The third-order valence-electron chi connectivity index (χ3n) is 1.92. The van der Waals surface area contributed by atoms with Gasteiger partial charge in [-0.3, -0.25) is 0 Å². The third kappa shape index (κ3) is 2.75. The second-order valence-electron chi connectivity index (χ2n) is 3.20. The van der Waals surface area contributed by atoms with Crippen LogP contribution in [0, 0.1) is 23.0 Å². The highest BCUT2D eigenvalue weighted by atomic mass is 19.1. The van der Waals surface area contributed by atoms with Crippen LogP contribution in [0.15, 0.2) is 36.5 Å². The predicted octanol–water partition coefficient (Wildman–Crippen LogP) is 3.02. The molecule has 0 fully saturated rings. The first-order valence-corrected chi connectivity index (χ1v) is 4.67. The Morgan fingerprint density at radius 3 is 2.35 bits per heavy atom. The average Bonchev–Trinajstić information content (AvgIpc) is 2.28. The van der Waals surface area contributed by atoms with Crippen molar-refractivity contribution >= 4 is 0 Å². The largest absolute Gasteiger partial charge is 0.439 e. The predicted molar refractivity (Wildman–Crippen MR) is 55.4 cm³/mol. The number of nitrogens with zero attached hydrogens (tertiary/aromatic N) is 2. The van der Waals surface area contributed by atoms with E-state index in [0.717, 1.165) is 18.2 Å². The lowest BCUT2D eigenvalue weighted by Crippen LogP contribution is -1.90. The molecule has 0 spiro atoms. The van der Waals surface area contributed by atoms with Crippen molar-refractivity contribution < 1.29 is 13.5 Å². The number of hydrogen-bond acceptors (Lipinski definition) is 3. The van der Waals surface area contributed by atoms with Crippen molar-refractivity contribution in [1.82, 2.24) is 4.98 Å². The van der Waals surface area contributed by atoms with Crippen LogP contribution in [0.25, 0.3) is 0 Å². The number of aromatic nitrogens is 1. The molecule has 1 aromatic heterocycles. The average molecular weight is 232 g/mol. The number of nitriles is 1. The molecule has 5 heteroatoms. The zero-order chi connectivity index (χ0) is 12.3. The van der Waals surface area contributed by atoms with Crippen LogP contribution < -0.4 is 4.74 Å². The van der Waals surface area contributed by atoms with E-state index in [1.165, 1.54) is 18.3 Å². The van der Waals surface area contributed by atoms with Crippen molar-refractivity contribution in [2.45, 2.75) is 0 Å². The maximum absolute atomic E-state index is 12.9. The monoisotopic (exact) mass is 232 g/mol. The molecule has 0 aliphatic heterocycles. The summed E-state index contributed by atoms with van der Waals surface area (Å²) in [6, 6.07) is 7.68. The summed E-state index contributed by atoms with van der Waals surface area (Å²) in [4.78, 5) is 3.81. The van der Waals surface area contributed by atoms with Crippen LogP contribution in [0.1, 0.15) is 5.56 Å². The van der Waals surface area contributed by atoms with E-state index in [1.807, 2.05) is 6.07 Å². The molecule has 0 amide bonds. The Morgan fingerprint density at radius 1 is 1.12 bits per heavy atom. The fourth-order valence-corrected chi connectivity index (χ4v) is 1.22. The van der Waals surface area contributed by atoms with Gasteiger partial charge in [0.05, 0.1) is 5.56 Å². The summed E-state index contributed by atoms with van der Waals surface area (Å²) in [6.07, 6.45) is 1.31. The number of rotatable bonds is 2. The lowest BCUT2D eigenvalue weighted by atomic mass is 10.3. The van der Waals surface area contributed by atoms with Gasteiger partial charge < -0.3 is 4.74 Å². The summed E-state index contributed by atoms with van der Waals surface area (Å²) in [5.41, 5.74) is 0.378. The van der Waals surface area contributed by atoms with Crippen LogP contribution in [0.3, 0.4) is 0 Å². The number of pyridine rings is 1. The molecule has 0 saturated carbocycles. The summed E-state index contributed by atoms with van der Waals surface area (Å²) in [6.45, 7) is 0. The summed E-state index contributed by atoms with van der Waals surface area (Å²) in [5.74, 6) is -1.28. The molecule has 1 heterocycles. The quantitative estimate of drug-likeness (QED) is 0.799. The Labute approximate surface area is 95.9 Å². The van der Waals surface area contributed by atoms with Crippen LogP contribution in [0.4, 0.5) is 8.78 Å². The van der Waals surface area contributed by atoms with Crippen LogP contribution >= 0.6 is 0 Å². The van der Waals surface area contributed by atoms with E-state index in [2.05, 4.69) is 4.98 Å². The Bertz CT molecular complexity index is 556. The van der Waals surface area contributed by atoms with Gasteiger partial charge in [-0.2, -0.15) is 5.26 Å². The van der Waals surface area contributed by atoms with Gasteiger partial charge in [0.15, 0.2) is 0 Å². The molecule has 1 aromatic carbocycles. The second kappa shape index (κ2) is 4.58. The van der Waals surface area contributed by atoms with E-state index in [4.69, 9.17) is 10.00 Å². The Balaban J connectivity index is 2.22. The highest BCUT2D eigenvalue weighted by molar-refractivity contribution is 5.32. The highest BCUT2D eigenvalue weighted by Gasteiger charge is 2.03. The van der Waals surface area contributed by atoms with E-state index < -0.39 is 11.6 Å². The number of hydrogen-bond donors (Lipinski definition) is 0. The van der Waals surface area contributed by atoms with E-state index in [9.17, 15) is 8.78 Å². The van der Waals surface area contributed by atoms with Crippen LogP contribution in [-0.2, 0) is 0 Å². The van der Waals surface area contributed by atoms with Crippen molar-refractivity contribution in [3.05, 3.63) is 53.7 Å². The zero-order valence-electron chi connectivity index (χ0n) is 8.52. The minimum atomic E-state index is -0.728. The normalized spacial score (nSPS) is 9.71. The Hall–Kier alpha value is -2.48. The smallest absolute Gasteiger partial charge is 0.219 e. The van der Waals surface area contributed by atoms with Gasteiger partial charge >= 0.3 is 0 Å². The molecule has 0 aliphatic carbocycles. The molecule has 0 saturated heterocycles. The molecule has 17 heavy (non-hydrogen) atoms. The zero-order valence-corrected chi connectivity index (χ0v) is 8.52. The molecular weight excluding hydrogens is 226 g/mol. The summed E-state index contributed by atoms with van der Waals surface area (Å²) < 4.78 is 30.9. The summed E-state index contributed by atoms with van der Waals surface area (Å²) >= 11 is 0. The minimum Gasteiger partial charge on any atom is -0.439 e. The van der Waals surface area contributed by atoms with Gasteiger partial charge in [0, 0.05) is 30.5 Å². The first-order chi connectivity index (χ1) is 8.17. The van der Waals surface area contributed by atoms with Crippen LogP contribution in [0.5, 0.6) is 11.6 Å². The van der Waals surface area contributed by atoms with Crippen LogP contribution in [-0.4, -0.2) is 4.98 Å². The molecule has 0 N–H and O–H groups in total. The van der Waals surface area contributed by atoms with Gasteiger partial charge in [-0.15, -0.1) is 0 Å². The number of halogens is 2. The summed E-state index contributed by atoms with van der Waals surface area (Å²) in [5, 5.41) is 8.56. The van der Waals surface area contributed by atoms with Crippen molar-refractivity contribution in [2.24, 2.45) is 0 Å². The molecule has 0 unspecified atom stereocenters. The maximum atomic E-state index is 12.9.